The molecule has 0 bridgehead atoms. The first-order valence-electron chi connectivity index (χ1n) is 11.4. The highest BCUT2D eigenvalue weighted by Crippen LogP contribution is 2.18. The Kier molecular flexibility index (Phi) is 10.8. The van der Waals surface area contributed by atoms with Gasteiger partial charge in [0.1, 0.15) is 24.4 Å². The molecule has 1 aromatic carbocycles. The van der Waals surface area contributed by atoms with Crippen molar-refractivity contribution in [3.63, 3.8) is 0 Å². The summed E-state index contributed by atoms with van der Waals surface area (Å²) in [6.07, 6.45) is 0.226. The number of ether oxygens (including phenoxy) is 1. The van der Waals surface area contributed by atoms with Gasteiger partial charge in [0.25, 0.3) is 5.91 Å². The molecule has 0 radical (unpaired) electrons. The SMILES string of the molecule is CC(C)C[C@@H]1NC(=O)CC[C@@H](C(=O)NC(CO)CO)NC(=O)c2ccccc2OCCNC1=O. The van der Waals surface area contributed by atoms with Crippen LogP contribution in [0, 0.1) is 5.92 Å². The number of nitrogens with one attached hydrogen (secondary N) is 4. The van der Waals surface area contributed by atoms with E-state index in [0.717, 1.165) is 0 Å². The van der Waals surface area contributed by atoms with Crippen molar-refractivity contribution in [1.82, 2.24) is 21.3 Å². The Labute approximate surface area is 198 Å². The van der Waals surface area contributed by atoms with Gasteiger partial charge in [0.05, 0.1) is 31.4 Å². The van der Waals surface area contributed by atoms with Crippen LogP contribution in [0.15, 0.2) is 24.3 Å². The van der Waals surface area contributed by atoms with Gasteiger partial charge in [-0.25, -0.2) is 0 Å². The summed E-state index contributed by atoms with van der Waals surface area (Å²) in [4.78, 5) is 51.0. The fraction of sp³-hybridized carbons (Fsp3) is 0.565. The lowest BCUT2D eigenvalue weighted by Crippen LogP contribution is -2.52. The molecule has 0 fully saturated rings. The van der Waals surface area contributed by atoms with Crippen molar-refractivity contribution in [2.24, 2.45) is 5.92 Å². The largest absolute Gasteiger partial charge is 0.491 e. The fourth-order valence-electron chi connectivity index (χ4n) is 3.44. The van der Waals surface area contributed by atoms with E-state index in [1.54, 1.807) is 18.2 Å². The summed E-state index contributed by atoms with van der Waals surface area (Å²) in [7, 11) is 0. The summed E-state index contributed by atoms with van der Waals surface area (Å²) >= 11 is 0. The van der Waals surface area contributed by atoms with Crippen LogP contribution in [0.3, 0.4) is 0 Å². The quantitative estimate of drug-likeness (QED) is 0.307. The minimum atomic E-state index is -1.13. The Morgan fingerprint density at radius 2 is 1.85 bits per heavy atom. The molecular formula is C23H34N4O7. The van der Waals surface area contributed by atoms with Gasteiger partial charge in [-0.1, -0.05) is 26.0 Å². The van der Waals surface area contributed by atoms with Crippen LogP contribution < -0.4 is 26.0 Å². The highest BCUT2D eigenvalue weighted by Gasteiger charge is 2.27. The van der Waals surface area contributed by atoms with Crippen LogP contribution in [0.5, 0.6) is 5.75 Å². The van der Waals surface area contributed by atoms with Crippen molar-refractivity contribution < 1.29 is 34.1 Å². The molecule has 2 rings (SSSR count). The van der Waals surface area contributed by atoms with Crippen LogP contribution in [0.2, 0.25) is 0 Å². The molecule has 0 spiro atoms. The van der Waals surface area contributed by atoms with E-state index < -0.39 is 49.1 Å². The first kappa shape index (κ1) is 27.1. The van der Waals surface area contributed by atoms with Gasteiger partial charge in [0, 0.05) is 6.42 Å². The molecular weight excluding hydrogens is 444 g/mol. The second kappa shape index (κ2) is 13.5. The predicted molar refractivity (Wildman–Crippen MR) is 123 cm³/mol. The van der Waals surface area contributed by atoms with Crippen LogP contribution in [0.1, 0.15) is 43.5 Å². The van der Waals surface area contributed by atoms with Gasteiger partial charge in [0.15, 0.2) is 0 Å². The fourth-order valence-corrected chi connectivity index (χ4v) is 3.44. The topological polar surface area (TPSA) is 166 Å². The monoisotopic (exact) mass is 478 g/mol. The van der Waals surface area contributed by atoms with Crippen molar-refractivity contribution in [2.45, 2.75) is 51.2 Å². The van der Waals surface area contributed by atoms with E-state index in [0.29, 0.717) is 6.42 Å². The summed E-state index contributed by atoms with van der Waals surface area (Å²) in [5.41, 5.74) is 0.185. The zero-order valence-electron chi connectivity index (χ0n) is 19.5. The molecule has 1 aliphatic rings. The lowest BCUT2D eigenvalue weighted by atomic mass is 10.0. The molecule has 1 aromatic rings. The van der Waals surface area contributed by atoms with E-state index in [-0.39, 0.29) is 49.1 Å². The number of para-hydroxylation sites is 1. The van der Waals surface area contributed by atoms with Crippen molar-refractivity contribution in [3.8, 4) is 5.75 Å². The second-order valence-electron chi connectivity index (χ2n) is 8.52. The Bertz CT molecular complexity index is 857. The number of hydrogen-bond acceptors (Lipinski definition) is 7. The lowest BCUT2D eigenvalue weighted by molar-refractivity contribution is -0.130. The van der Waals surface area contributed by atoms with E-state index in [4.69, 9.17) is 4.74 Å². The van der Waals surface area contributed by atoms with Crippen LogP contribution >= 0.6 is 0 Å². The molecule has 0 saturated carbocycles. The molecule has 1 heterocycles. The maximum Gasteiger partial charge on any atom is 0.255 e. The molecule has 1 aliphatic heterocycles. The minimum Gasteiger partial charge on any atom is -0.491 e. The zero-order valence-corrected chi connectivity index (χ0v) is 19.5. The van der Waals surface area contributed by atoms with E-state index in [1.165, 1.54) is 6.07 Å². The molecule has 6 N–H and O–H groups in total. The third-order valence-corrected chi connectivity index (χ3v) is 5.22. The molecule has 2 atom stereocenters. The van der Waals surface area contributed by atoms with Gasteiger partial charge in [-0.3, -0.25) is 19.2 Å². The van der Waals surface area contributed by atoms with Crippen LogP contribution in [0.25, 0.3) is 0 Å². The maximum absolute atomic E-state index is 12.9. The number of amides is 4. The van der Waals surface area contributed by atoms with Crippen molar-refractivity contribution >= 4 is 23.6 Å². The summed E-state index contributed by atoms with van der Waals surface area (Å²) in [6, 6.07) is 3.68. The number of aliphatic hydroxyl groups is 2. The number of fused-ring (bicyclic) bond motifs is 1. The predicted octanol–water partition coefficient (Wildman–Crippen LogP) is -0.926. The number of carbonyl (C=O) groups excluding carboxylic acids is 4. The highest BCUT2D eigenvalue weighted by atomic mass is 16.5. The highest BCUT2D eigenvalue weighted by molar-refractivity contribution is 5.99. The Balaban J connectivity index is 2.30. The van der Waals surface area contributed by atoms with E-state index in [1.807, 2.05) is 13.8 Å². The normalized spacial score (nSPS) is 20.2. The second-order valence-corrected chi connectivity index (χ2v) is 8.52. The average Bonchev–Trinajstić information content (AvgIpc) is 2.81. The molecule has 4 amide bonds. The minimum absolute atomic E-state index is 0.0635. The molecule has 188 valence electrons. The van der Waals surface area contributed by atoms with Crippen molar-refractivity contribution in [2.75, 3.05) is 26.4 Å². The van der Waals surface area contributed by atoms with Gasteiger partial charge >= 0.3 is 0 Å². The third-order valence-electron chi connectivity index (χ3n) is 5.22. The molecule has 0 saturated heterocycles. The van der Waals surface area contributed by atoms with Gasteiger partial charge in [-0.05, 0) is 30.9 Å². The Morgan fingerprint density at radius 3 is 2.53 bits per heavy atom. The summed E-state index contributed by atoms with van der Waals surface area (Å²) in [5, 5.41) is 29.1. The zero-order chi connectivity index (χ0) is 25.1. The standard InChI is InChI=1S/C23H34N4O7/c1-14(2)11-18-22(32)24-9-10-34-19-6-4-3-5-16(19)21(31)27-17(7-8-20(30)26-18)23(33)25-15(12-28)13-29/h3-6,14-15,17-18,28-29H,7-13H2,1-2H3,(H,24,32)(H,25,33)(H,26,30)(H,27,31)/t17-,18-/m0/s1. The van der Waals surface area contributed by atoms with Crippen LogP contribution in [-0.4, -0.2) is 78.3 Å². The molecule has 0 unspecified atom stereocenters. The third kappa shape index (κ3) is 8.31. The molecule has 0 aliphatic carbocycles. The number of aliphatic hydroxyl groups excluding tert-OH is 2. The van der Waals surface area contributed by atoms with E-state index >= 15 is 0 Å². The maximum atomic E-state index is 12.9. The van der Waals surface area contributed by atoms with E-state index in [9.17, 15) is 29.4 Å². The Morgan fingerprint density at radius 1 is 1.15 bits per heavy atom. The molecule has 0 aromatic heterocycles. The van der Waals surface area contributed by atoms with Crippen molar-refractivity contribution in [3.05, 3.63) is 29.8 Å². The van der Waals surface area contributed by atoms with Crippen molar-refractivity contribution in [1.29, 1.82) is 0 Å². The smallest absolute Gasteiger partial charge is 0.255 e. The molecule has 11 heteroatoms. The van der Waals surface area contributed by atoms with Gasteiger partial charge in [0.2, 0.25) is 17.7 Å². The lowest BCUT2D eigenvalue weighted by Gasteiger charge is -2.22. The summed E-state index contributed by atoms with van der Waals surface area (Å²) in [5.74, 6) is -1.61. The van der Waals surface area contributed by atoms with Gasteiger partial charge in [-0.15, -0.1) is 0 Å². The number of rotatable bonds is 6. The van der Waals surface area contributed by atoms with E-state index in [2.05, 4.69) is 21.3 Å². The van der Waals surface area contributed by atoms with Gasteiger partial charge in [-0.2, -0.15) is 0 Å². The van der Waals surface area contributed by atoms with Gasteiger partial charge < -0.3 is 36.2 Å². The molecule has 34 heavy (non-hydrogen) atoms. The van der Waals surface area contributed by atoms with Crippen LogP contribution in [-0.2, 0) is 14.4 Å². The first-order chi connectivity index (χ1) is 16.2. The number of hydrogen-bond donors (Lipinski definition) is 6. The number of carbonyl (C=O) groups is 4. The average molecular weight is 479 g/mol. The van der Waals surface area contributed by atoms with Crippen LogP contribution in [0.4, 0.5) is 0 Å². The summed E-state index contributed by atoms with van der Waals surface area (Å²) in [6.45, 7) is 3.15. The Hall–Kier alpha value is -3.18. The molecule has 11 nitrogen and oxygen atoms in total. The first-order valence-corrected chi connectivity index (χ1v) is 11.4. The summed E-state index contributed by atoms with van der Waals surface area (Å²) < 4.78 is 5.69. The number of benzene rings is 1.